The molecule has 1 unspecified atom stereocenters. The number of nitrogens with one attached hydrogen (secondary N) is 1. The average Bonchev–Trinajstić information content (AvgIpc) is 3.19. The maximum absolute atomic E-state index is 12.8. The minimum absolute atomic E-state index is 0.101. The molecule has 8 nitrogen and oxygen atoms in total. The van der Waals surface area contributed by atoms with E-state index in [4.69, 9.17) is 11.6 Å². The van der Waals surface area contributed by atoms with Crippen LogP contribution in [0.4, 0.5) is 5.69 Å². The molecule has 2 aromatic heterocycles. The molecule has 1 aliphatic carbocycles. The molecule has 0 saturated heterocycles. The van der Waals surface area contributed by atoms with Gasteiger partial charge in [-0.3, -0.25) is 9.78 Å². The van der Waals surface area contributed by atoms with Gasteiger partial charge in [0.2, 0.25) is 15.9 Å². The number of carbonyl (C=O) groups excluding carboxylic acids is 1. The van der Waals surface area contributed by atoms with Crippen LogP contribution >= 0.6 is 11.6 Å². The molecule has 0 aliphatic heterocycles. The maximum Gasteiger partial charge on any atom is 0.230 e. The zero-order valence-corrected chi connectivity index (χ0v) is 16.0. The first-order valence-electron chi connectivity index (χ1n) is 8.15. The van der Waals surface area contributed by atoms with Crippen molar-refractivity contribution in [1.82, 2.24) is 19.5 Å². The molecule has 1 amide bonds. The highest BCUT2D eigenvalue weighted by Crippen LogP contribution is 2.31. The highest BCUT2D eigenvalue weighted by Gasteiger charge is 2.34. The van der Waals surface area contributed by atoms with Gasteiger partial charge in [0.05, 0.1) is 24.3 Å². The van der Waals surface area contributed by atoms with E-state index in [1.807, 2.05) is 6.07 Å². The Balaban J connectivity index is 1.72. The highest BCUT2D eigenvalue weighted by molar-refractivity contribution is 7.88. The van der Waals surface area contributed by atoms with Crippen molar-refractivity contribution in [3.8, 4) is 5.69 Å². The second-order valence-corrected chi connectivity index (χ2v) is 8.59. The third kappa shape index (κ3) is 4.22. The molecule has 140 valence electrons. The summed E-state index contributed by atoms with van der Waals surface area (Å²) in [4.78, 5) is 18.3. The third-order valence-electron chi connectivity index (χ3n) is 4.42. The van der Waals surface area contributed by atoms with Crippen molar-refractivity contribution >= 4 is 33.2 Å². The molecule has 0 radical (unpaired) electrons. The van der Waals surface area contributed by atoms with Crippen LogP contribution in [-0.4, -0.2) is 48.4 Å². The highest BCUT2D eigenvalue weighted by atomic mass is 35.5. The minimum atomic E-state index is -3.28. The van der Waals surface area contributed by atoms with Crippen LogP contribution in [0.2, 0.25) is 5.15 Å². The van der Waals surface area contributed by atoms with Crippen LogP contribution in [0.3, 0.4) is 0 Å². The molecule has 1 aliphatic rings. The lowest BCUT2D eigenvalue weighted by atomic mass is 10.1. The van der Waals surface area contributed by atoms with Crippen LogP contribution in [-0.2, 0) is 14.8 Å². The first-order valence-corrected chi connectivity index (χ1v) is 10.4. The number of hydrogen-bond acceptors (Lipinski definition) is 5. The van der Waals surface area contributed by atoms with Crippen LogP contribution < -0.4 is 9.62 Å². The van der Waals surface area contributed by atoms with Gasteiger partial charge in [0.1, 0.15) is 5.69 Å². The number of anilines is 1. The summed E-state index contributed by atoms with van der Waals surface area (Å²) in [5.74, 6) is -0.354. The van der Waals surface area contributed by atoms with Crippen LogP contribution in [0, 0.1) is 5.92 Å². The van der Waals surface area contributed by atoms with Gasteiger partial charge in [-0.05, 0) is 31.4 Å². The van der Waals surface area contributed by atoms with Crippen LogP contribution in [0.5, 0.6) is 0 Å². The second kappa shape index (κ2) is 7.34. The van der Waals surface area contributed by atoms with Gasteiger partial charge in [-0.1, -0.05) is 11.6 Å². The molecular weight excluding hydrogens is 378 g/mol. The number of sulfonamides is 1. The lowest BCUT2D eigenvalue weighted by Crippen LogP contribution is -2.35. The monoisotopic (exact) mass is 397 g/mol. The molecule has 1 saturated carbocycles. The Hall–Kier alpha value is -1.97. The maximum atomic E-state index is 12.8. The molecule has 0 bridgehead atoms. The van der Waals surface area contributed by atoms with E-state index >= 15 is 0 Å². The first kappa shape index (κ1) is 18.8. The molecule has 2 atom stereocenters. The van der Waals surface area contributed by atoms with Crippen molar-refractivity contribution < 1.29 is 13.2 Å². The zero-order valence-electron chi connectivity index (χ0n) is 14.5. The van der Waals surface area contributed by atoms with E-state index in [0.29, 0.717) is 24.9 Å². The molecule has 1 fully saturated rings. The van der Waals surface area contributed by atoms with Crippen molar-refractivity contribution in [2.45, 2.75) is 25.3 Å². The third-order valence-corrected chi connectivity index (χ3v) is 5.45. The molecule has 1 N–H and O–H groups in total. The normalized spacial score (nSPS) is 20.3. The Morgan fingerprint density at radius 1 is 1.42 bits per heavy atom. The molecule has 0 spiro atoms. The van der Waals surface area contributed by atoms with Gasteiger partial charge in [0.25, 0.3) is 0 Å². The second-order valence-electron chi connectivity index (χ2n) is 6.46. The molecule has 3 rings (SSSR count). The summed E-state index contributed by atoms with van der Waals surface area (Å²) in [6, 6.07) is 3.41. The summed E-state index contributed by atoms with van der Waals surface area (Å²) >= 11 is 6.22. The zero-order chi connectivity index (χ0) is 18.9. The molecule has 10 heteroatoms. The largest absolute Gasteiger partial charge is 0.311 e. The molecule has 2 aromatic rings. The molecular formula is C16H20ClN5O3S. The SMILES string of the molecule is CN(C(=O)C1CC[C@@H](NS(C)(=O)=O)C1)c1cn(-c2cccnc2)nc1Cl. The number of nitrogens with zero attached hydrogens (tertiary/aromatic N) is 4. The summed E-state index contributed by atoms with van der Waals surface area (Å²) < 4.78 is 26.9. The number of rotatable bonds is 5. The van der Waals surface area contributed by atoms with Gasteiger partial charge in [0, 0.05) is 25.2 Å². The topological polar surface area (TPSA) is 97.2 Å². The number of amides is 1. The number of halogens is 1. The van der Waals surface area contributed by atoms with E-state index < -0.39 is 10.0 Å². The Kier molecular flexibility index (Phi) is 5.31. The fourth-order valence-corrected chi connectivity index (χ4v) is 4.28. The summed E-state index contributed by atoms with van der Waals surface area (Å²) in [5.41, 5.74) is 1.24. The van der Waals surface area contributed by atoms with Gasteiger partial charge >= 0.3 is 0 Å². The van der Waals surface area contributed by atoms with Crippen LogP contribution in [0.25, 0.3) is 5.69 Å². The smallest absolute Gasteiger partial charge is 0.230 e. The minimum Gasteiger partial charge on any atom is -0.311 e. The Morgan fingerprint density at radius 2 is 2.19 bits per heavy atom. The Labute approximate surface area is 157 Å². The van der Waals surface area contributed by atoms with Crippen molar-refractivity contribution in [1.29, 1.82) is 0 Å². The molecule has 26 heavy (non-hydrogen) atoms. The fraction of sp³-hybridized carbons (Fsp3) is 0.438. The van der Waals surface area contributed by atoms with Crippen LogP contribution in [0.15, 0.2) is 30.7 Å². The van der Waals surface area contributed by atoms with Gasteiger partial charge in [-0.25, -0.2) is 17.8 Å². The first-order chi connectivity index (χ1) is 12.2. The average molecular weight is 398 g/mol. The van der Waals surface area contributed by atoms with E-state index in [1.165, 1.54) is 4.90 Å². The van der Waals surface area contributed by atoms with Gasteiger partial charge < -0.3 is 4.90 Å². The van der Waals surface area contributed by atoms with Gasteiger partial charge in [-0.2, -0.15) is 5.10 Å². The van der Waals surface area contributed by atoms with E-state index in [-0.39, 0.29) is 23.0 Å². The summed E-state index contributed by atoms with van der Waals surface area (Å²) in [5, 5.41) is 4.45. The molecule has 2 heterocycles. The number of hydrogen-bond donors (Lipinski definition) is 1. The Morgan fingerprint density at radius 3 is 2.85 bits per heavy atom. The lowest BCUT2D eigenvalue weighted by molar-refractivity contribution is -0.121. The summed E-state index contributed by atoms with van der Waals surface area (Å²) in [7, 11) is -1.63. The summed E-state index contributed by atoms with van der Waals surface area (Å²) in [6.45, 7) is 0. The lowest BCUT2D eigenvalue weighted by Gasteiger charge is -2.20. The standard InChI is InChI=1S/C16H20ClN5O3S/c1-21(16(23)11-5-6-12(8-11)20-26(2,24)25)14-10-22(19-15(14)17)13-4-3-7-18-9-13/h3-4,7,9-12,20H,5-6,8H2,1-2H3/t11?,12-/m1/s1. The van der Waals surface area contributed by atoms with Gasteiger partial charge in [0.15, 0.2) is 5.15 Å². The number of aromatic nitrogens is 3. The van der Waals surface area contributed by atoms with Gasteiger partial charge in [-0.15, -0.1) is 0 Å². The van der Waals surface area contributed by atoms with E-state index in [1.54, 1.807) is 36.4 Å². The Bertz CT molecular complexity index is 900. The predicted octanol–water partition coefficient (Wildman–Crippen LogP) is 1.60. The van der Waals surface area contributed by atoms with E-state index in [9.17, 15) is 13.2 Å². The van der Waals surface area contributed by atoms with Crippen molar-refractivity contribution in [3.63, 3.8) is 0 Å². The van der Waals surface area contributed by atoms with Crippen LogP contribution in [0.1, 0.15) is 19.3 Å². The molecule has 0 aromatic carbocycles. The van der Waals surface area contributed by atoms with E-state index in [0.717, 1.165) is 11.9 Å². The van der Waals surface area contributed by atoms with Crippen molar-refractivity contribution in [3.05, 3.63) is 35.9 Å². The van der Waals surface area contributed by atoms with Crippen molar-refractivity contribution in [2.75, 3.05) is 18.2 Å². The van der Waals surface area contributed by atoms with Crippen molar-refractivity contribution in [2.24, 2.45) is 5.92 Å². The number of carbonyl (C=O) groups is 1. The fourth-order valence-electron chi connectivity index (χ4n) is 3.20. The quantitative estimate of drug-likeness (QED) is 0.826. The summed E-state index contributed by atoms with van der Waals surface area (Å²) in [6.07, 6.45) is 7.86. The van der Waals surface area contributed by atoms with E-state index in [2.05, 4.69) is 14.8 Å². The predicted molar refractivity (Wildman–Crippen MR) is 98.9 cm³/mol. The number of pyridine rings is 1.